The van der Waals surface area contributed by atoms with E-state index in [0.29, 0.717) is 36.0 Å². The number of aliphatic hydroxyl groups is 1. The summed E-state index contributed by atoms with van der Waals surface area (Å²) in [7, 11) is 0. The molecule has 0 amide bonds. The van der Waals surface area contributed by atoms with E-state index in [4.69, 9.17) is 4.74 Å². The van der Waals surface area contributed by atoms with E-state index < -0.39 is 22.8 Å². The molecule has 0 atom stereocenters. The second-order valence-corrected chi connectivity index (χ2v) is 8.72. The van der Waals surface area contributed by atoms with E-state index in [1.807, 2.05) is 13.0 Å². The van der Waals surface area contributed by atoms with E-state index in [2.05, 4.69) is 0 Å². The molecule has 0 saturated heterocycles. The van der Waals surface area contributed by atoms with Crippen LogP contribution < -0.4 is 0 Å². The summed E-state index contributed by atoms with van der Waals surface area (Å²) in [5.41, 5.74) is 1.30. The number of carbonyl (C=O) groups excluding carboxylic acids is 1. The molecule has 30 heavy (non-hydrogen) atoms. The number of halogens is 2. The van der Waals surface area contributed by atoms with Crippen molar-refractivity contribution in [3.63, 3.8) is 0 Å². The minimum absolute atomic E-state index is 0.0274. The Morgan fingerprint density at radius 3 is 2.27 bits per heavy atom. The van der Waals surface area contributed by atoms with Crippen molar-refractivity contribution in [2.75, 3.05) is 0 Å². The zero-order chi connectivity index (χ0) is 21.7. The molecular formula is C25H26F2O3. The number of carbonyl (C=O) groups is 1. The highest BCUT2D eigenvalue weighted by molar-refractivity contribution is 6.26. The lowest BCUT2D eigenvalue weighted by Gasteiger charge is -2.42. The van der Waals surface area contributed by atoms with Crippen LogP contribution in [0.2, 0.25) is 0 Å². The normalized spacial score (nSPS) is 20.2. The van der Waals surface area contributed by atoms with Crippen molar-refractivity contribution in [2.24, 2.45) is 0 Å². The van der Waals surface area contributed by atoms with Gasteiger partial charge in [0, 0.05) is 0 Å². The Bertz CT molecular complexity index is 1050. The van der Waals surface area contributed by atoms with Gasteiger partial charge in [-0.2, -0.15) is 0 Å². The van der Waals surface area contributed by atoms with Gasteiger partial charge in [-0.1, -0.05) is 31.2 Å². The molecule has 158 valence electrons. The van der Waals surface area contributed by atoms with Gasteiger partial charge in [0.2, 0.25) is 0 Å². The summed E-state index contributed by atoms with van der Waals surface area (Å²) >= 11 is 0. The second kappa shape index (κ2) is 7.31. The lowest BCUT2D eigenvalue weighted by Crippen LogP contribution is -2.51. The molecule has 1 aliphatic heterocycles. The van der Waals surface area contributed by atoms with Gasteiger partial charge >= 0.3 is 0 Å². The van der Waals surface area contributed by atoms with Crippen molar-refractivity contribution in [1.29, 1.82) is 0 Å². The van der Waals surface area contributed by atoms with Gasteiger partial charge in [-0.05, 0) is 80.3 Å². The maximum absolute atomic E-state index is 13.7. The number of aryl methyl sites for hydroxylation is 1. The molecule has 4 rings (SSSR count). The maximum atomic E-state index is 13.7. The molecule has 1 spiro atoms. The first-order valence-corrected chi connectivity index (χ1v) is 10.5. The molecule has 2 aromatic rings. The van der Waals surface area contributed by atoms with Crippen LogP contribution in [0.5, 0.6) is 0 Å². The van der Waals surface area contributed by atoms with E-state index >= 15 is 0 Å². The standard InChI is InChI=1S/C25H26F2O3/c1-4-15-13-16(17-8-10-19(26)20(27)14-17)7-9-18(15)21-22(28)24(2,3)30-25(23(21)29)11-5-6-12-25/h7-10,13-14,29H,4-6,11-12H2,1-3H3. The van der Waals surface area contributed by atoms with E-state index in [0.717, 1.165) is 36.1 Å². The number of rotatable bonds is 3. The molecule has 1 N–H and O–H groups in total. The molecular weight excluding hydrogens is 386 g/mol. The number of ketones is 1. The summed E-state index contributed by atoms with van der Waals surface area (Å²) in [6.45, 7) is 5.47. The van der Waals surface area contributed by atoms with Crippen molar-refractivity contribution >= 4 is 11.4 Å². The molecule has 1 saturated carbocycles. The predicted molar refractivity (Wildman–Crippen MR) is 112 cm³/mol. The Kier molecular flexibility index (Phi) is 5.05. The van der Waals surface area contributed by atoms with Gasteiger partial charge in [0.1, 0.15) is 17.0 Å². The van der Waals surface area contributed by atoms with Gasteiger partial charge < -0.3 is 9.84 Å². The fourth-order valence-electron chi connectivity index (χ4n) is 4.74. The van der Waals surface area contributed by atoms with E-state index in [9.17, 15) is 18.7 Å². The highest BCUT2D eigenvalue weighted by Crippen LogP contribution is 2.49. The van der Waals surface area contributed by atoms with Gasteiger partial charge in [-0.25, -0.2) is 8.78 Å². The van der Waals surface area contributed by atoms with Crippen LogP contribution in [-0.2, 0) is 16.0 Å². The van der Waals surface area contributed by atoms with Crippen molar-refractivity contribution in [1.82, 2.24) is 0 Å². The second-order valence-electron chi connectivity index (χ2n) is 8.72. The number of ether oxygens (including phenoxy) is 1. The van der Waals surface area contributed by atoms with Crippen molar-refractivity contribution in [2.45, 2.75) is 64.1 Å². The number of benzene rings is 2. The minimum Gasteiger partial charge on any atom is -0.508 e. The number of Topliss-reactive ketones (excluding diaryl/α,β-unsaturated/α-hetero) is 1. The van der Waals surface area contributed by atoms with Crippen LogP contribution in [0.4, 0.5) is 8.78 Å². The first-order valence-electron chi connectivity index (χ1n) is 10.5. The summed E-state index contributed by atoms with van der Waals surface area (Å²) in [6.07, 6.45) is 3.88. The van der Waals surface area contributed by atoms with Crippen LogP contribution in [0, 0.1) is 11.6 Å². The van der Waals surface area contributed by atoms with E-state index in [1.54, 1.807) is 26.0 Å². The van der Waals surface area contributed by atoms with Crippen LogP contribution >= 0.6 is 0 Å². The van der Waals surface area contributed by atoms with Crippen LogP contribution in [0.1, 0.15) is 57.6 Å². The Morgan fingerprint density at radius 2 is 1.63 bits per heavy atom. The fraction of sp³-hybridized carbons (Fsp3) is 0.400. The SMILES string of the molecule is CCc1cc(-c2ccc(F)c(F)c2)ccc1C1=C(O)C2(CCCC2)OC(C)(C)C1=O. The highest BCUT2D eigenvalue weighted by atomic mass is 19.2. The van der Waals surface area contributed by atoms with Gasteiger partial charge in [0.05, 0.1) is 5.57 Å². The minimum atomic E-state index is -1.03. The molecule has 1 aliphatic carbocycles. The molecule has 2 aliphatic rings. The smallest absolute Gasteiger partial charge is 0.198 e. The third-order valence-corrected chi connectivity index (χ3v) is 6.31. The first kappa shape index (κ1) is 20.7. The average Bonchev–Trinajstić information content (AvgIpc) is 3.18. The molecule has 0 aromatic heterocycles. The summed E-state index contributed by atoms with van der Waals surface area (Å²) in [5.74, 6) is -2.01. The summed E-state index contributed by atoms with van der Waals surface area (Å²) in [6, 6.07) is 9.24. The van der Waals surface area contributed by atoms with E-state index in [1.165, 1.54) is 6.07 Å². The van der Waals surface area contributed by atoms with E-state index in [-0.39, 0.29) is 11.5 Å². The van der Waals surface area contributed by atoms with Gasteiger partial charge in [-0.3, -0.25) is 4.79 Å². The first-order chi connectivity index (χ1) is 14.2. The number of aliphatic hydroxyl groups excluding tert-OH is 1. The maximum Gasteiger partial charge on any atom is 0.198 e. The fourth-order valence-corrected chi connectivity index (χ4v) is 4.74. The summed E-state index contributed by atoms with van der Waals surface area (Å²) in [4.78, 5) is 13.3. The molecule has 2 aromatic carbocycles. The summed E-state index contributed by atoms with van der Waals surface area (Å²) in [5, 5.41) is 11.2. The number of hydrogen-bond donors (Lipinski definition) is 1. The van der Waals surface area contributed by atoms with Gasteiger partial charge in [0.25, 0.3) is 0 Å². The van der Waals surface area contributed by atoms with Crippen molar-refractivity contribution in [3.05, 3.63) is 64.9 Å². The molecule has 5 heteroatoms. The molecule has 0 bridgehead atoms. The molecule has 1 fully saturated rings. The van der Waals surface area contributed by atoms with Gasteiger partial charge in [-0.15, -0.1) is 0 Å². The van der Waals surface area contributed by atoms with Gasteiger partial charge in [0.15, 0.2) is 17.4 Å². The highest BCUT2D eigenvalue weighted by Gasteiger charge is 2.53. The molecule has 0 radical (unpaired) electrons. The summed E-state index contributed by atoms with van der Waals surface area (Å²) < 4.78 is 33.2. The zero-order valence-corrected chi connectivity index (χ0v) is 17.5. The van der Waals surface area contributed by atoms with Crippen LogP contribution in [0.15, 0.2) is 42.2 Å². The van der Waals surface area contributed by atoms with Crippen molar-refractivity contribution in [3.8, 4) is 11.1 Å². The third-order valence-electron chi connectivity index (χ3n) is 6.31. The average molecular weight is 412 g/mol. The molecule has 3 nitrogen and oxygen atoms in total. The quantitative estimate of drug-likeness (QED) is 0.657. The lowest BCUT2D eigenvalue weighted by atomic mass is 9.79. The third kappa shape index (κ3) is 3.25. The van der Waals surface area contributed by atoms with Crippen LogP contribution in [-0.4, -0.2) is 22.1 Å². The molecule has 1 heterocycles. The van der Waals surface area contributed by atoms with Crippen molar-refractivity contribution < 1.29 is 23.4 Å². The lowest BCUT2D eigenvalue weighted by molar-refractivity contribution is -0.164. The monoisotopic (exact) mass is 412 g/mol. The Labute approximate surface area is 175 Å². The molecule has 0 unspecified atom stereocenters. The Balaban J connectivity index is 1.86. The largest absolute Gasteiger partial charge is 0.508 e. The van der Waals surface area contributed by atoms with Crippen LogP contribution in [0.3, 0.4) is 0 Å². The van der Waals surface area contributed by atoms with Crippen LogP contribution in [0.25, 0.3) is 16.7 Å². The topological polar surface area (TPSA) is 46.5 Å². The zero-order valence-electron chi connectivity index (χ0n) is 17.5. The number of hydrogen-bond acceptors (Lipinski definition) is 3. The Morgan fingerprint density at radius 1 is 1.00 bits per heavy atom. The predicted octanol–water partition coefficient (Wildman–Crippen LogP) is 6.15. The Hall–Kier alpha value is -2.53.